The van der Waals surface area contributed by atoms with E-state index in [1.165, 1.54) is 6.92 Å². The van der Waals surface area contributed by atoms with Crippen molar-refractivity contribution in [3.05, 3.63) is 0 Å². The van der Waals surface area contributed by atoms with Gasteiger partial charge in [0, 0.05) is 13.1 Å². The van der Waals surface area contributed by atoms with Crippen molar-refractivity contribution in [3.8, 4) is 0 Å². The summed E-state index contributed by atoms with van der Waals surface area (Å²) in [4.78, 5) is 36.0. The molecule has 0 aliphatic carbocycles. The molecule has 0 fully saturated rings. The number of imide groups is 1. The number of carbonyl (C=O) groups is 3. The van der Waals surface area contributed by atoms with Crippen LogP contribution in [0, 0.1) is 0 Å². The highest BCUT2D eigenvalue weighted by Gasteiger charge is 2.21. The van der Waals surface area contributed by atoms with E-state index >= 15 is 0 Å². The Bertz CT molecular complexity index is 317. The maximum absolute atomic E-state index is 11.8. The molecule has 0 rings (SSSR count). The lowest BCUT2D eigenvalue weighted by atomic mass is 10.3. The Labute approximate surface area is 112 Å². The number of carbonyl (C=O) groups excluding carboxylic acids is 3. The highest BCUT2D eigenvalue weighted by atomic mass is 35.5. The smallest absolute Gasteiger partial charge is 0.322 e. The summed E-state index contributed by atoms with van der Waals surface area (Å²) in [5, 5.41) is 3.64. The van der Waals surface area contributed by atoms with Gasteiger partial charge in [-0.3, -0.25) is 14.9 Å². The van der Waals surface area contributed by atoms with Gasteiger partial charge in [0.15, 0.2) is 0 Å². The molecule has 0 aromatic carbocycles. The molecule has 2 atom stereocenters. The molecule has 4 amide bonds. The SMILES string of the molecule is CCN(CC)C(=O)C(C)NC(=O)NC(=O)C(C)Cl. The summed E-state index contributed by atoms with van der Waals surface area (Å²) in [5.41, 5.74) is 0. The monoisotopic (exact) mass is 277 g/mol. The van der Waals surface area contributed by atoms with Gasteiger partial charge in [0.05, 0.1) is 0 Å². The molecule has 7 heteroatoms. The molecule has 0 saturated carbocycles. The van der Waals surface area contributed by atoms with Crippen molar-refractivity contribution in [3.63, 3.8) is 0 Å². The Morgan fingerprint density at radius 3 is 2.06 bits per heavy atom. The lowest BCUT2D eigenvalue weighted by Gasteiger charge is -2.23. The Morgan fingerprint density at radius 2 is 1.67 bits per heavy atom. The molecule has 0 bridgehead atoms. The minimum atomic E-state index is -0.801. The highest BCUT2D eigenvalue weighted by molar-refractivity contribution is 6.31. The van der Waals surface area contributed by atoms with Crippen LogP contribution >= 0.6 is 11.6 Å². The molecule has 18 heavy (non-hydrogen) atoms. The van der Waals surface area contributed by atoms with E-state index in [4.69, 9.17) is 11.6 Å². The number of rotatable bonds is 5. The number of hydrogen-bond donors (Lipinski definition) is 2. The van der Waals surface area contributed by atoms with Crippen LogP contribution in [0.25, 0.3) is 0 Å². The van der Waals surface area contributed by atoms with E-state index in [0.29, 0.717) is 13.1 Å². The van der Waals surface area contributed by atoms with E-state index in [-0.39, 0.29) is 5.91 Å². The van der Waals surface area contributed by atoms with E-state index in [1.807, 2.05) is 19.2 Å². The molecule has 0 spiro atoms. The van der Waals surface area contributed by atoms with Crippen LogP contribution in [0.4, 0.5) is 4.79 Å². The van der Waals surface area contributed by atoms with Crippen LogP contribution in [0.3, 0.4) is 0 Å². The van der Waals surface area contributed by atoms with Crippen LogP contribution in [0.1, 0.15) is 27.7 Å². The third-order valence-corrected chi connectivity index (χ3v) is 2.59. The maximum atomic E-state index is 11.8. The minimum Gasteiger partial charge on any atom is -0.341 e. The fourth-order valence-corrected chi connectivity index (χ4v) is 1.37. The number of halogens is 1. The number of nitrogens with one attached hydrogen (secondary N) is 2. The van der Waals surface area contributed by atoms with Gasteiger partial charge in [-0.1, -0.05) is 0 Å². The highest BCUT2D eigenvalue weighted by Crippen LogP contribution is 1.95. The Balaban J connectivity index is 4.31. The first kappa shape index (κ1) is 16.7. The number of urea groups is 1. The molecular formula is C11H20ClN3O3. The number of hydrogen-bond acceptors (Lipinski definition) is 3. The molecular weight excluding hydrogens is 258 g/mol. The van der Waals surface area contributed by atoms with Crippen molar-refractivity contribution in [1.29, 1.82) is 0 Å². The first-order valence-corrected chi connectivity index (χ1v) is 6.31. The van der Waals surface area contributed by atoms with Crippen LogP contribution in [-0.4, -0.2) is 47.3 Å². The average molecular weight is 278 g/mol. The predicted molar refractivity (Wildman–Crippen MR) is 69.4 cm³/mol. The molecule has 0 aliphatic rings. The van der Waals surface area contributed by atoms with Gasteiger partial charge in [0.2, 0.25) is 11.8 Å². The van der Waals surface area contributed by atoms with Gasteiger partial charge in [-0.2, -0.15) is 0 Å². The molecule has 0 aliphatic heterocycles. The van der Waals surface area contributed by atoms with Crippen LogP contribution in [0.15, 0.2) is 0 Å². The molecule has 0 aromatic rings. The standard InChI is InChI=1S/C11H20ClN3O3/c1-5-15(6-2)10(17)8(4)13-11(18)14-9(16)7(3)12/h7-8H,5-6H2,1-4H3,(H2,13,14,16,18). The number of likely N-dealkylation sites (N-methyl/N-ethyl adjacent to an activating group) is 1. The number of alkyl halides is 1. The molecule has 104 valence electrons. The van der Waals surface area contributed by atoms with E-state index < -0.39 is 23.4 Å². The van der Waals surface area contributed by atoms with Crippen molar-refractivity contribution in [1.82, 2.24) is 15.5 Å². The zero-order chi connectivity index (χ0) is 14.3. The first-order valence-electron chi connectivity index (χ1n) is 5.87. The van der Waals surface area contributed by atoms with Crippen LogP contribution in [-0.2, 0) is 9.59 Å². The van der Waals surface area contributed by atoms with Gasteiger partial charge in [-0.15, -0.1) is 11.6 Å². The minimum absolute atomic E-state index is 0.193. The molecule has 0 saturated heterocycles. The molecule has 0 aromatic heterocycles. The third kappa shape index (κ3) is 5.35. The lowest BCUT2D eigenvalue weighted by molar-refractivity contribution is -0.132. The number of amides is 4. The predicted octanol–water partition coefficient (Wildman–Crippen LogP) is 0.696. The average Bonchev–Trinajstić information content (AvgIpc) is 2.29. The lowest BCUT2D eigenvalue weighted by Crippen LogP contribution is -2.51. The van der Waals surface area contributed by atoms with Gasteiger partial charge >= 0.3 is 6.03 Å². The van der Waals surface area contributed by atoms with Crippen LogP contribution < -0.4 is 10.6 Å². The summed E-state index contributed by atoms with van der Waals surface area (Å²) < 4.78 is 0. The van der Waals surface area contributed by atoms with Crippen molar-refractivity contribution in [2.75, 3.05) is 13.1 Å². The summed E-state index contributed by atoms with van der Waals surface area (Å²) in [6.45, 7) is 7.87. The molecule has 2 unspecified atom stereocenters. The summed E-state index contributed by atoms with van der Waals surface area (Å²) in [6, 6.07) is -1.41. The Kier molecular flexibility index (Phi) is 7.35. The quantitative estimate of drug-likeness (QED) is 0.726. The van der Waals surface area contributed by atoms with Crippen molar-refractivity contribution in [2.45, 2.75) is 39.1 Å². The van der Waals surface area contributed by atoms with Crippen molar-refractivity contribution < 1.29 is 14.4 Å². The first-order chi connectivity index (χ1) is 8.33. The topological polar surface area (TPSA) is 78.5 Å². The van der Waals surface area contributed by atoms with E-state index in [1.54, 1.807) is 11.8 Å². The maximum Gasteiger partial charge on any atom is 0.322 e. The zero-order valence-electron chi connectivity index (χ0n) is 11.1. The van der Waals surface area contributed by atoms with Gasteiger partial charge in [-0.25, -0.2) is 4.79 Å². The van der Waals surface area contributed by atoms with Crippen molar-refractivity contribution in [2.24, 2.45) is 0 Å². The zero-order valence-corrected chi connectivity index (χ0v) is 11.9. The van der Waals surface area contributed by atoms with Crippen molar-refractivity contribution >= 4 is 29.4 Å². The second-order valence-electron chi connectivity index (χ2n) is 3.81. The fourth-order valence-electron chi connectivity index (χ4n) is 1.31. The summed E-state index contributed by atoms with van der Waals surface area (Å²) >= 11 is 5.50. The molecule has 2 N–H and O–H groups in total. The summed E-state index contributed by atoms with van der Waals surface area (Å²) in [5.74, 6) is -0.793. The molecule has 0 radical (unpaired) electrons. The Hall–Kier alpha value is -1.30. The van der Waals surface area contributed by atoms with Gasteiger partial charge < -0.3 is 10.2 Å². The Morgan fingerprint density at radius 1 is 1.17 bits per heavy atom. The van der Waals surface area contributed by atoms with Gasteiger partial charge in [0.1, 0.15) is 11.4 Å². The van der Waals surface area contributed by atoms with Gasteiger partial charge in [-0.05, 0) is 27.7 Å². The molecule has 0 heterocycles. The third-order valence-electron chi connectivity index (χ3n) is 2.39. The fraction of sp³-hybridized carbons (Fsp3) is 0.727. The van der Waals surface area contributed by atoms with E-state index in [2.05, 4.69) is 5.32 Å². The summed E-state index contributed by atoms with van der Waals surface area (Å²) in [7, 11) is 0. The summed E-state index contributed by atoms with van der Waals surface area (Å²) in [6.07, 6.45) is 0. The van der Waals surface area contributed by atoms with Crippen LogP contribution in [0.5, 0.6) is 0 Å². The second-order valence-corrected chi connectivity index (χ2v) is 4.47. The van der Waals surface area contributed by atoms with Gasteiger partial charge in [0.25, 0.3) is 0 Å². The second kappa shape index (κ2) is 7.92. The van der Waals surface area contributed by atoms with E-state index in [0.717, 1.165) is 0 Å². The number of nitrogens with zero attached hydrogens (tertiary/aromatic N) is 1. The largest absolute Gasteiger partial charge is 0.341 e. The normalized spacial score (nSPS) is 13.4. The van der Waals surface area contributed by atoms with Crippen LogP contribution in [0.2, 0.25) is 0 Å². The molecule has 6 nitrogen and oxygen atoms in total. The van der Waals surface area contributed by atoms with E-state index in [9.17, 15) is 14.4 Å².